The molecular formula is C15H22N2O3. The molecule has 1 aliphatic heterocycles. The van der Waals surface area contributed by atoms with Crippen LogP contribution in [-0.2, 0) is 4.79 Å². The highest BCUT2D eigenvalue weighted by Crippen LogP contribution is 2.30. The lowest BCUT2D eigenvalue weighted by molar-refractivity contribution is -0.121. The van der Waals surface area contributed by atoms with Crippen molar-refractivity contribution >= 4 is 11.6 Å². The first-order valence-electron chi connectivity index (χ1n) is 6.85. The van der Waals surface area contributed by atoms with Gasteiger partial charge >= 0.3 is 0 Å². The zero-order valence-electron chi connectivity index (χ0n) is 12.3. The standard InChI is InChI=1S/C15H22N2O3/c1-17-8-4-5-11(10-17)15(18)16-13-7-6-12(19-2)9-14(13)20-3/h6-7,9,11H,4-5,8,10H2,1-3H3,(H,16,18)/t11-/m0/s1. The van der Waals surface area contributed by atoms with Gasteiger partial charge in [0.2, 0.25) is 5.91 Å². The predicted octanol–water partition coefficient (Wildman–Crippen LogP) is 1.98. The summed E-state index contributed by atoms with van der Waals surface area (Å²) in [5.41, 5.74) is 0.687. The van der Waals surface area contributed by atoms with Crippen molar-refractivity contribution in [3.05, 3.63) is 18.2 Å². The Morgan fingerprint density at radius 1 is 1.35 bits per heavy atom. The molecule has 1 saturated heterocycles. The lowest BCUT2D eigenvalue weighted by Gasteiger charge is -2.28. The lowest BCUT2D eigenvalue weighted by Crippen LogP contribution is -2.38. The highest BCUT2D eigenvalue weighted by atomic mass is 16.5. The van der Waals surface area contributed by atoms with E-state index in [4.69, 9.17) is 9.47 Å². The first-order valence-corrected chi connectivity index (χ1v) is 6.85. The van der Waals surface area contributed by atoms with Crippen LogP contribution in [0.4, 0.5) is 5.69 Å². The molecule has 0 bridgehead atoms. The molecule has 1 aromatic rings. The van der Waals surface area contributed by atoms with Gasteiger partial charge in [0.05, 0.1) is 25.8 Å². The second-order valence-corrected chi connectivity index (χ2v) is 5.16. The summed E-state index contributed by atoms with van der Waals surface area (Å²) in [5, 5.41) is 2.96. The van der Waals surface area contributed by atoms with Crippen molar-refractivity contribution in [3.63, 3.8) is 0 Å². The highest BCUT2D eigenvalue weighted by Gasteiger charge is 2.24. The number of carbonyl (C=O) groups is 1. The van der Waals surface area contributed by atoms with Crippen molar-refractivity contribution in [3.8, 4) is 11.5 Å². The fourth-order valence-electron chi connectivity index (χ4n) is 2.52. The van der Waals surface area contributed by atoms with Crippen LogP contribution >= 0.6 is 0 Å². The smallest absolute Gasteiger partial charge is 0.228 e. The topological polar surface area (TPSA) is 50.8 Å². The number of nitrogens with zero attached hydrogens (tertiary/aromatic N) is 1. The third kappa shape index (κ3) is 3.42. The second kappa shape index (κ2) is 6.61. The molecule has 0 aliphatic carbocycles. The normalized spacial score (nSPS) is 19.4. The Kier molecular flexibility index (Phi) is 4.84. The van der Waals surface area contributed by atoms with Crippen molar-refractivity contribution in [1.82, 2.24) is 4.90 Å². The Bertz CT molecular complexity index is 476. The number of nitrogens with one attached hydrogen (secondary N) is 1. The maximum absolute atomic E-state index is 12.3. The largest absolute Gasteiger partial charge is 0.497 e. The zero-order chi connectivity index (χ0) is 14.5. The summed E-state index contributed by atoms with van der Waals surface area (Å²) in [6, 6.07) is 5.38. The number of methoxy groups -OCH3 is 2. The molecule has 1 heterocycles. The van der Waals surface area contributed by atoms with E-state index < -0.39 is 0 Å². The van der Waals surface area contributed by atoms with Crippen LogP contribution < -0.4 is 14.8 Å². The molecule has 1 amide bonds. The van der Waals surface area contributed by atoms with Crippen molar-refractivity contribution < 1.29 is 14.3 Å². The molecule has 1 fully saturated rings. The molecule has 0 spiro atoms. The van der Waals surface area contributed by atoms with E-state index in [2.05, 4.69) is 10.2 Å². The van der Waals surface area contributed by atoms with Crippen LogP contribution in [0.25, 0.3) is 0 Å². The van der Waals surface area contributed by atoms with Crippen LogP contribution in [0.3, 0.4) is 0 Å². The number of likely N-dealkylation sites (tertiary alicyclic amines) is 1. The number of hydrogen-bond acceptors (Lipinski definition) is 4. The Morgan fingerprint density at radius 2 is 2.15 bits per heavy atom. The number of rotatable bonds is 4. The fourth-order valence-corrected chi connectivity index (χ4v) is 2.52. The van der Waals surface area contributed by atoms with Crippen molar-refractivity contribution in [2.45, 2.75) is 12.8 Å². The number of ether oxygens (including phenoxy) is 2. The van der Waals surface area contributed by atoms with Gasteiger partial charge < -0.3 is 19.7 Å². The van der Waals surface area contributed by atoms with Crippen LogP contribution in [-0.4, -0.2) is 45.2 Å². The number of amides is 1. The lowest BCUT2D eigenvalue weighted by atomic mass is 9.97. The summed E-state index contributed by atoms with van der Waals surface area (Å²) in [7, 11) is 5.23. The van der Waals surface area contributed by atoms with Gasteiger partial charge in [0.25, 0.3) is 0 Å². The van der Waals surface area contributed by atoms with Crippen LogP contribution in [0.15, 0.2) is 18.2 Å². The van der Waals surface area contributed by atoms with E-state index in [0.717, 1.165) is 25.9 Å². The van der Waals surface area contributed by atoms with Crippen molar-refractivity contribution in [2.24, 2.45) is 5.92 Å². The number of hydrogen-bond donors (Lipinski definition) is 1. The molecule has 1 aromatic carbocycles. The number of benzene rings is 1. The van der Waals surface area contributed by atoms with E-state index in [1.807, 2.05) is 19.2 Å². The SMILES string of the molecule is COc1ccc(NC(=O)[C@H]2CCCN(C)C2)c(OC)c1. The molecule has 1 aliphatic rings. The van der Waals surface area contributed by atoms with Crippen LogP contribution in [0.2, 0.25) is 0 Å². The van der Waals surface area contributed by atoms with Crippen LogP contribution in [0.1, 0.15) is 12.8 Å². The summed E-state index contributed by atoms with van der Waals surface area (Å²) < 4.78 is 10.4. The Labute approximate surface area is 119 Å². The molecule has 1 N–H and O–H groups in total. The molecular weight excluding hydrogens is 256 g/mol. The summed E-state index contributed by atoms with van der Waals surface area (Å²) in [4.78, 5) is 14.5. The van der Waals surface area contributed by atoms with Gasteiger partial charge in [0, 0.05) is 12.6 Å². The third-order valence-electron chi connectivity index (χ3n) is 3.66. The minimum Gasteiger partial charge on any atom is -0.497 e. The molecule has 1 atom stereocenters. The van der Waals surface area contributed by atoms with Gasteiger partial charge in [-0.15, -0.1) is 0 Å². The minimum absolute atomic E-state index is 0.0422. The van der Waals surface area contributed by atoms with Gasteiger partial charge in [-0.25, -0.2) is 0 Å². The maximum atomic E-state index is 12.3. The molecule has 110 valence electrons. The van der Waals surface area contributed by atoms with Gasteiger partial charge in [-0.1, -0.05) is 0 Å². The molecule has 20 heavy (non-hydrogen) atoms. The van der Waals surface area contributed by atoms with Gasteiger partial charge in [-0.3, -0.25) is 4.79 Å². The first kappa shape index (κ1) is 14.7. The van der Waals surface area contributed by atoms with E-state index >= 15 is 0 Å². The summed E-state index contributed by atoms with van der Waals surface area (Å²) in [6.07, 6.45) is 2.00. The quantitative estimate of drug-likeness (QED) is 0.915. The predicted molar refractivity (Wildman–Crippen MR) is 78.4 cm³/mol. The summed E-state index contributed by atoms with van der Waals surface area (Å²) in [5.74, 6) is 1.42. The molecule has 0 aromatic heterocycles. The average molecular weight is 278 g/mol. The van der Waals surface area contributed by atoms with E-state index in [0.29, 0.717) is 17.2 Å². The second-order valence-electron chi connectivity index (χ2n) is 5.16. The Morgan fingerprint density at radius 3 is 2.80 bits per heavy atom. The van der Waals surface area contributed by atoms with Gasteiger partial charge in [0.15, 0.2) is 0 Å². The minimum atomic E-state index is 0.0422. The molecule has 0 radical (unpaired) electrons. The average Bonchev–Trinajstić information content (AvgIpc) is 2.47. The fraction of sp³-hybridized carbons (Fsp3) is 0.533. The zero-order valence-corrected chi connectivity index (χ0v) is 12.3. The highest BCUT2D eigenvalue weighted by molar-refractivity contribution is 5.94. The third-order valence-corrected chi connectivity index (χ3v) is 3.66. The van der Waals surface area contributed by atoms with E-state index in [9.17, 15) is 4.79 Å². The summed E-state index contributed by atoms with van der Waals surface area (Å²) in [6.45, 7) is 1.87. The Hall–Kier alpha value is -1.75. The van der Waals surface area contributed by atoms with Gasteiger partial charge in [-0.2, -0.15) is 0 Å². The number of carbonyl (C=O) groups excluding carboxylic acids is 1. The molecule has 5 nitrogen and oxygen atoms in total. The summed E-state index contributed by atoms with van der Waals surface area (Å²) >= 11 is 0. The molecule has 0 unspecified atom stereocenters. The Balaban J connectivity index is 2.07. The van der Waals surface area contributed by atoms with Gasteiger partial charge in [0.1, 0.15) is 11.5 Å². The number of piperidine rings is 1. The molecule has 0 saturated carbocycles. The van der Waals surface area contributed by atoms with E-state index in [1.54, 1.807) is 20.3 Å². The van der Waals surface area contributed by atoms with Gasteiger partial charge in [-0.05, 0) is 38.6 Å². The van der Waals surface area contributed by atoms with Crippen LogP contribution in [0, 0.1) is 5.92 Å². The molecule has 2 rings (SSSR count). The molecule has 5 heteroatoms. The number of anilines is 1. The first-order chi connectivity index (χ1) is 9.63. The van der Waals surface area contributed by atoms with Crippen molar-refractivity contribution in [2.75, 3.05) is 39.7 Å². The van der Waals surface area contributed by atoms with Crippen LogP contribution in [0.5, 0.6) is 11.5 Å². The van der Waals surface area contributed by atoms with E-state index in [1.165, 1.54) is 0 Å². The van der Waals surface area contributed by atoms with E-state index in [-0.39, 0.29) is 11.8 Å². The monoisotopic (exact) mass is 278 g/mol. The maximum Gasteiger partial charge on any atom is 0.228 e. The van der Waals surface area contributed by atoms with Crippen molar-refractivity contribution in [1.29, 1.82) is 0 Å².